The zero-order valence-corrected chi connectivity index (χ0v) is 14.1. The predicted octanol–water partition coefficient (Wildman–Crippen LogP) is 5.25. The Kier molecular flexibility index (Phi) is 6.50. The van der Waals surface area contributed by atoms with Gasteiger partial charge in [0, 0.05) is 0 Å². The predicted molar refractivity (Wildman–Crippen MR) is 88.2 cm³/mol. The SMILES string of the molecule is C=C(C)[C@@H]1CC=C(COC2OC2C(CCC)CCC)CC1. The Morgan fingerprint density at radius 3 is 2.62 bits per heavy atom. The maximum Gasteiger partial charge on any atom is 0.185 e. The monoisotopic (exact) mass is 292 g/mol. The standard InChI is InChI=1S/C19H32O2/c1-5-7-17(8-6-2)18-19(21-18)20-13-15-9-11-16(12-10-15)14(3)4/h9,16-19H,3,5-8,10-13H2,1-2,4H3/t16-,18?,19?/m1/s1. The van der Waals surface area contributed by atoms with Crippen molar-refractivity contribution in [3.05, 3.63) is 23.8 Å². The molecule has 0 amide bonds. The molecule has 1 saturated heterocycles. The molecule has 0 aromatic rings. The van der Waals surface area contributed by atoms with Crippen molar-refractivity contribution in [2.24, 2.45) is 11.8 Å². The molecule has 2 heteroatoms. The lowest BCUT2D eigenvalue weighted by atomic mass is 9.86. The van der Waals surface area contributed by atoms with Crippen molar-refractivity contribution in [2.75, 3.05) is 6.61 Å². The van der Waals surface area contributed by atoms with E-state index in [0.29, 0.717) is 17.9 Å². The Morgan fingerprint density at radius 1 is 1.38 bits per heavy atom. The van der Waals surface area contributed by atoms with Crippen LogP contribution in [-0.4, -0.2) is 19.0 Å². The van der Waals surface area contributed by atoms with E-state index in [2.05, 4.69) is 33.4 Å². The van der Waals surface area contributed by atoms with Gasteiger partial charge in [-0.05, 0) is 56.4 Å². The van der Waals surface area contributed by atoms with Crippen LogP contribution in [0.4, 0.5) is 0 Å². The highest BCUT2D eigenvalue weighted by atomic mass is 16.8. The molecule has 1 heterocycles. The molecule has 0 aromatic heterocycles. The summed E-state index contributed by atoms with van der Waals surface area (Å²) in [6, 6.07) is 0. The van der Waals surface area contributed by atoms with Crippen LogP contribution in [0.15, 0.2) is 23.8 Å². The molecule has 1 aliphatic heterocycles. The number of ether oxygens (including phenoxy) is 2. The molecular weight excluding hydrogens is 260 g/mol. The van der Waals surface area contributed by atoms with E-state index in [1.807, 2.05) is 0 Å². The van der Waals surface area contributed by atoms with Crippen molar-refractivity contribution < 1.29 is 9.47 Å². The molecule has 0 saturated carbocycles. The minimum Gasteiger partial charge on any atom is -0.346 e. The van der Waals surface area contributed by atoms with Crippen molar-refractivity contribution in [3.63, 3.8) is 0 Å². The maximum absolute atomic E-state index is 5.96. The largest absolute Gasteiger partial charge is 0.346 e. The van der Waals surface area contributed by atoms with E-state index in [-0.39, 0.29) is 6.29 Å². The second-order valence-corrected chi connectivity index (χ2v) is 6.80. The summed E-state index contributed by atoms with van der Waals surface area (Å²) in [6.45, 7) is 11.5. The van der Waals surface area contributed by atoms with Crippen LogP contribution in [0.25, 0.3) is 0 Å². The van der Waals surface area contributed by atoms with Gasteiger partial charge in [0.1, 0.15) is 6.10 Å². The van der Waals surface area contributed by atoms with Gasteiger partial charge in [0.15, 0.2) is 6.29 Å². The average Bonchev–Trinajstić information content (AvgIpc) is 3.25. The smallest absolute Gasteiger partial charge is 0.185 e. The molecule has 2 aliphatic rings. The van der Waals surface area contributed by atoms with Gasteiger partial charge in [-0.25, -0.2) is 0 Å². The van der Waals surface area contributed by atoms with Crippen LogP contribution < -0.4 is 0 Å². The van der Waals surface area contributed by atoms with E-state index < -0.39 is 0 Å². The second-order valence-electron chi connectivity index (χ2n) is 6.80. The van der Waals surface area contributed by atoms with Gasteiger partial charge < -0.3 is 9.47 Å². The number of hydrogen-bond donors (Lipinski definition) is 0. The topological polar surface area (TPSA) is 21.8 Å². The lowest BCUT2D eigenvalue weighted by molar-refractivity contribution is 0.0633. The summed E-state index contributed by atoms with van der Waals surface area (Å²) in [5.74, 6) is 1.37. The molecular formula is C19H32O2. The molecule has 0 bridgehead atoms. The summed E-state index contributed by atoms with van der Waals surface area (Å²) < 4.78 is 11.7. The normalized spacial score (nSPS) is 28.6. The first kappa shape index (κ1) is 16.8. The van der Waals surface area contributed by atoms with Crippen molar-refractivity contribution in [3.8, 4) is 0 Å². The summed E-state index contributed by atoms with van der Waals surface area (Å²) in [7, 11) is 0. The molecule has 21 heavy (non-hydrogen) atoms. The van der Waals surface area contributed by atoms with Crippen molar-refractivity contribution in [1.29, 1.82) is 0 Å². The van der Waals surface area contributed by atoms with E-state index in [9.17, 15) is 0 Å². The van der Waals surface area contributed by atoms with Crippen LogP contribution in [0.5, 0.6) is 0 Å². The second kappa shape index (κ2) is 8.14. The maximum atomic E-state index is 5.96. The molecule has 0 aromatic carbocycles. The molecule has 1 fully saturated rings. The minimum atomic E-state index is 0.0628. The summed E-state index contributed by atoms with van der Waals surface area (Å²) in [5, 5.41) is 0. The van der Waals surface area contributed by atoms with Gasteiger partial charge >= 0.3 is 0 Å². The van der Waals surface area contributed by atoms with E-state index in [0.717, 1.165) is 19.4 Å². The highest BCUT2D eigenvalue weighted by Crippen LogP contribution is 2.36. The molecule has 120 valence electrons. The fourth-order valence-corrected chi connectivity index (χ4v) is 3.45. The third kappa shape index (κ3) is 4.96. The van der Waals surface area contributed by atoms with Crippen LogP contribution >= 0.6 is 0 Å². The number of rotatable bonds is 9. The molecule has 2 rings (SSSR count). The number of epoxide rings is 1. The zero-order valence-electron chi connectivity index (χ0n) is 14.1. The molecule has 1 aliphatic carbocycles. The Morgan fingerprint density at radius 2 is 2.10 bits per heavy atom. The average molecular weight is 292 g/mol. The quantitative estimate of drug-likeness (QED) is 0.428. The molecule has 2 unspecified atom stereocenters. The van der Waals surface area contributed by atoms with E-state index in [1.165, 1.54) is 43.3 Å². The molecule has 0 N–H and O–H groups in total. The molecule has 0 radical (unpaired) electrons. The molecule has 0 spiro atoms. The van der Waals surface area contributed by atoms with Crippen molar-refractivity contribution in [2.45, 2.75) is 78.1 Å². The number of hydrogen-bond acceptors (Lipinski definition) is 2. The van der Waals surface area contributed by atoms with Gasteiger partial charge in [-0.2, -0.15) is 0 Å². The number of allylic oxidation sites excluding steroid dienone is 2. The zero-order chi connectivity index (χ0) is 15.2. The fraction of sp³-hybridized carbons (Fsp3) is 0.789. The van der Waals surface area contributed by atoms with Crippen LogP contribution in [0.2, 0.25) is 0 Å². The van der Waals surface area contributed by atoms with Gasteiger partial charge in [0.05, 0.1) is 6.61 Å². The summed E-state index contributed by atoms with van der Waals surface area (Å²) in [5.41, 5.74) is 2.77. The lowest BCUT2D eigenvalue weighted by Crippen LogP contribution is -2.14. The lowest BCUT2D eigenvalue weighted by Gasteiger charge is -2.22. The summed E-state index contributed by atoms with van der Waals surface area (Å²) in [4.78, 5) is 0. The van der Waals surface area contributed by atoms with E-state index >= 15 is 0 Å². The van der Waals surface area contributed by atoms with Gasteiger partial charge in [-0.15, -0.1) is 0 Å². The van der Waals surface area contributed by atoms with Crippen molar-refractivity contribution >= 4 is 0 Å². The van der Waals surface area contributed by atoms with Gasteiger partial charge in [0.25, 0.3) is 0 Å². The third-order valence-electron chi connectivity index (χ3n) is 4.90. The minimum absolute atomic E-state index is 0.0628. The van der Waals surface area contributed by atoms with Gasteiger partial charge in [0.2, 0.25) is 0 Å². The Hall–Kier alpha value is -0.600. The first-order valence-electron chi connectivity index (χ1n) is 8.76. The van der Waals surface area contributed by atoms with Crippen LogP contribution in [-0.2, 0) is 9.47 Å². The first-order chi connectivity index (χ1) is 10.2. The Labute approximate surface area is 130 Å². The first-order valence-corrected chi connectivity index (χ1v) is 8.76. The summed E-state index contributed by atoms with van der Waals surface area (Å²) >= 11 is 0. The van der Waals surface area contributed by atoms with E-state index in [4.69, 9.17) is 9.47 Å². The van der Waals surface area contributed by atoms with Gasteiger partial charge in [-0.3, -0.25) is 0 Å². The van der Waals surface area contributed by atoms with Crippen LogP contribution in [0.3, 0.4) is 0 Å². The highest BCUT2D eigenvalue weighted by Gasteiger charge is 2.45. The summed E-state index contributed by atoms with van der Waals surface area (Å²) in [6.07, 6.45) is 11.3. The van der Waals surface area contributed by atoms with Crippen LogP contribution in [0.1, 0.15) is 65.7 Å². The molecule has 2 nitrogen and oxygen atoms in total. The Balaban J connectivity index is 1.69. The van der Waals surface area contributed by atoms with Crippen molar-refractivity contribution in [1.82, 2.24) is 0 Å². The van der Waals surface area contributed by atoms with E-state index in [1.54, 1.807) is 0 Å². The fourth-order valence-electron chi connectivity index (χ4n) is 3.45. The molecule has 3 atom stereocenters. The Bertz CT molecular complexity index is 366. The van der Waals surface area contributed by atoms with Crippen LogP contribution in [0, 0.1) is 11.8 Å². The third-order valence-corrected chi connectivity index (χ3v) is 4.90. The highest BCUT2D eigenvalue weighted by molar-refractivity contribution is 5.12. The van der Waals surface area contributed by atoms with Gasteiger partial charge in [-0.1, -0.05) is 44.9 Å².